The molecule has 33 heavy (non-hydrogen) atoms. The molecule has 2 aliphatic rings. The molecule has 1 aromatic carbocycles. The Hall–Kier alpha value is -1.95. The van der Waals surface area contributed by atoms with E-state index in [4.69, 9.17) is 9.47 Å². The quantitative estimate of drug-likeness (QED) is 0.461. The van der Waals surface area contributed by atoms with Crippen molar-refractivity contribution in [2.45, 2.75) is 84.0 Å². The van der Waals surface area contributed by atoms with Crippen LogP contribution in [0.3, 0.4) is 0 Å². The van der Waals surface area contributed by atoms with Gasteiger partial charge in [-0.05, 0) is 82.6 Å². The number of carbonyl (C=O) groups is 1. The van der Waals surface area contributed by atoms with Crippen molar-refractivity contribution in [2.75, 3.05) is 26.3 Å². The minimum atomic E-state index is -0.512. The van der Waals surface area contributed by atoms with E-state index < -0.39 is 6.10 Å². The first-order valence-electron chi connectivity index (χ1n) is 12.6. The highest BCUT2D eigenvalue weighted by Gasteiger charge is 2.27. The van der Waals surface area contributed by atoms with Gasteiger partial charge in [0.1, 0.15) is 0 Å². The summed E-state index contributed by atoms with van der Waals surface area (Å²) in [6.45, 7) is 8.40. The molecule has 0 aromatic heterocycles. The van der Waals surface area contributed by atoms with Crippen molar-refractivity contribution in [1.29, 1.82) is 0 Å². The lowest BCUT2D eigenvalue weighted by Gasteiger charge is -2.28. The zero-order valence-corrected chi connectivity index (χ0v) is 20.6. The molecule has 0 unspecified atom stereocenters. The van der Waals surface area contributed by atoms with Gasteiger partial charge in [0.15, 0.2) is 0 Å². The normalized spacial score (nSPS) is 20.8. The molecule has 5 heteroatoms. The van der Waals surface area contributed by atoms with Gasteiger partial charge in [0.25, 0.3) is 0 Å². The molecule has 0 bridgehead atoms. The van der Waals surface area contributed by atoms with Gasteiger partial charge in [0.2, 0.25) is 0 Å². The molecule has 3 rings (SSSR count). The summed E-state index contributed by atoms with van der Waals surface area (Å²) in [4.78, 5) is 14.2. The third-order valence-electron chi connectivity index (χ3n) is 6.71. The van der Waals surface area contributed by atoms with Gasteiger partial charge in [-0.1, -0.05) is 42.0 Å². The smallest absolute Gasteiger partial charge is 0.306 e. The van der Waals surface area contributed by atoms with Crippen LogP contribution >= 0.6 is 0 Å². The van der Waals surface area contributed by atoms with Crippen LogP contribution in [-0.2, 0) is 20.7 Å². The highest BCUT2D eigenvalue weighted by atomic mass is 16.5. The molecule has 1 aliphatic heterocycles. The zero-order valence-electron chi connectivity index (χ0n) is 20.6. The van der Waals surface area contributed by atoms with Gasteiger partial charge >= 0.3 is 5.97 Å². The molecular formula is C28H41NO4. The summed E-state index contributed by atoms with van der Waals surface area (Å²) in [5, 5.41) is 10.7. The van der Waals surface area contributed by atoms with Gasteiger partial charge in [-0.3, -0.25) is 9.69 Å². The molecule has 0 amide bonds. The van der Waals surface area contributed by atoms with Crippen molar-refractivity contribution in [2.24, 2.45) is 0 Å². The maximum absolute atomic E-state index is 11.8. The molecule has 0 spiro atoms. The third kappa shape index (κ3) is 8.09. The minimum Gasteiger partial charge on any atom is -0.466 e. The van der Waals surface area contributed by atoms with Crippen molar-refractivity contribution in [3.63, 3.8) is 0 Å². The van der Waals surface area contributed by atoms with Crippen LogP contribution in [0, 0.1) is 6.92 Å². The Kier molecular flexibility index (Phi) is 10.2. The Bertz CT molecular complexity index is 814. The Morgan fingerprint density at radius 3 is 2.73 bits per heavy atom. The lowest BCUT2D eigenvalue weighted by molar-refractivity contribution is -0.143. The number of allylic oxidation sites excluding steroid dienone is 2. The number of nitrogens with zero attached hydrogens (tertiary/aromatic N) is 1. The summed E-state index contributed by atoms with van der Waals surface area (Å²) in [6.07, 6.45) is 10.3. The molecular weight excluding hydrogens is 414 g/mol. The molecule has 0 radical (unpaired) electrons. The van der Waals surface area contributed by atoms with Crippen LogP contribution in [0.4, 0.5) is 0 Å². The number of esters is 1. The predicted molar refractivity (Wildman–Crippen MR) is 132 cm³/mol. The van der Waals surface area contributed by atoms with E-state index in [1.54, 1.807) is 0 Å². The minimum absolute atomic E-state index is 0.102. The van der Waals surface area contributed by atoms with Crippen LogP contribution in [0.1, 0.15) is 63.5 Å². The molecule has 0 saturated carbocycles. The molecule has 1 fully saturated rings. The second kappa shape index (κ2) is 13.1. The van der Waals surface area contributed by atoms with Crippen molar-refractivity contribution in [3.05, 3.63) is 58.7 Å². The van der Waals surface area contributed by atoms with Gasteiger partial charge in [-0.25, -0.2) is 0 Å². The van der Waals surface area contributed by atoms with E-state index in [0.29, 0.717) is 38.6 Å². The summed E-state index contributed by atoms with van der Waals surface area (Å²) in [5.41, 5.74) is 4.98. The molecule has 1 N–H and O–H groups in total. The van der Waals surface area contributed by atoms with Gasteiger partial charge in [-0.2, -0.15) is 0 Å². The van der Waals surface area contributed by atoms with E-state index >= 15 is 0 Å². The average Bonchev–Trinajstić information content (AvgIpc) is 3.24. The van der Waals surface area contributed by atoms with Crippen molar-refractivity contribution in [3.8, 4) is 0 Å². The highest BCUT2D eigenvalue weighted by molar-refractivity contribution is 5.70. The standard InChI is InChI=1S/C28H41NO4/c1-4-32-28(31)16-15-24-8-5-6-10-27(24)22(3)33-20-26(30)19-29-17-7-9-25(29)18-23-13-11-21(2)12-14-23/h8,10-14,22,25-26,30H,4-7,9,15-20H2,1-3H3/t22-,25+,26-/m1/s1. The maximum atomic E-state index is 11.8. The Morgan fingerprint density at radius 1 is 1.21 bits per heavy atom. The number of rotatable bonds is 12. The number of aryl methyl sites for hydroxylation is 1. The van der Waals surface area contributed by atoms with E-state index in [-0.39, 0.29) is 12.1 Å². The molecule has 1 aromatic rings. The Labute approximate surface area is 199 Å². The molecule has 182 valence electrons. The van der Waals surface area contributed by atoms with Crippen LogP contribution in [0.2, 0.25) is 0 Å². The SMILES string of the molecule is CCOC(=O)CCC1=CCCC=C1[C@@H](C)OC[C@H](O)CN1CCC[C@H]1Cc1ccc(C)cc1. The van der Waals surface area contributed by atoms with Gasteiger partial charge in [0.05, 0.1) is 25.4 Å². The summed E-state index contributed by atoms with van der Waals surface area (Å²) in [7, 11) is 0. The number of benzene rings is 1. The number of aliphatic hydroxyl groups excluding tert-OH is 1. The summed E-state index contributed by atoms with van der Waals surface area (Å²) in [6, 6.07) is 9.27. The van der Waals surface area contributed by atoms with E-state index in [1.807, 2.05) is 13.8 Å². The first kappa shape index (κ1) is 25.7. The van der Waals surface area contributed by atoms with E-state index in [1.165, 1.54) is 29.5 Å². The summed E-state index contributed by atoms with van der Waals surface area (Å²) < 4.78 is 11.2. The molecule has 1 saturated heterocycles. The van der Waals surface area contributed by atoms with Gasteiger partial charge < -0.3 is 14.6 Å². The fourth-order valence-corrected chi connectivity index (χ4v) is 4.92. The number of hydrogen-bond acceptors (Lipinski definition) is 5. The number of likely N-dealkylation sites (tertiary alicyclic amines) is 1. The predicted octanol–water partition coefficient (Wildman–Crippen LogP) is 4.76. The van der Waals surface area contributed by atoms with Gasteiger partial charge in [0, 0.05) is 19.0 Å². The number of ether oxygens (including phenoxy) is 2. The number of β-amino-alcohol motifs (C(OH)–C–C–N with tert-alkyl or cyclic N) is 1. The first-order chi connectivity index (χ1) is 16.0. The summed E-state index contributed by atoms with van der Waals surface area (Å²) >= 11 is 0. The fourth-order valence-electron chi connectivity index (χ4n) is 4.92. The topological polar surface area (TPSA) is 59.0 Å². The molecule has 3 atom stereocenters. The first-order valence-corrected chi connectivity index (χ1v) is 12.6. The second-order valence-electron chi connectivity index (χ2n) is 9.38. The molecule has 1 aliphatic carbocycles. The molecule has 5 nitrogen and oxygen atoms in total. The van der Waals surface area contributed by atoms with E-state index in [9.17, 15) is 9.90 Å². The van der Waals surface area contributed by atoms with Crippen LogP contribution in [-0.4, -0.2) is 60.5 Å². The van der Waals surface area contributed by atoms with Crippen molar-refractivity contribution in [1.82, 2.24) is 4.90 Å². The van der Waals surface area contributed by atoms with Crippen LogP contribution < -0.4 is 0 Å². The van der Waals surface area contributed by atoms with E-state index in [0.717, 1.165) is 31.4 Å². The zero-order chi connectivity index (χ0) is 23.6. The average molecular weight is 456 g/mol. The second-order valence-corrected chi connectivity index (χ2v) is 9.38. The number of aliphatic hydroxyl groups is 1. The fraction of sp³-hybridized carbons (Fsp3) is 0.607. The maximum Gasteiger partial charge on any atom is 0.306 e. The number of hydrogen-bond donors (Lipinski definition) is 1. The van der Waals surface area contributed by atoms with Gasteiger partial charge in [-0.15, -0.1) is 0 Å². The lowest BCUT2D eigenvalue weighted by Crippen LogP contribution is -2.39. The monoisotopic (exact) mass is 455 g/mol. The third-order valence-corrected chi connectivity index (χ3v) is 6.71. The Balaban J connectivity index is 1.45. The van der Waals surface area contributed by atoms with Crippen LogP contribution in [0.15, 0.2) is 47.6 Å². The van der Waals surface area contributed by atoms with E-state index in [2.05, 4.69) is 48.2 Å². The van der Waals surface area contributed by atoms with Crippen LogP contribution in [0.5, 0.6) is 0 Å². The summed E-state index contributed by atoms with van der Waals surface area (Å²) in [5.74, 6) is -0.155. The highest BCUT2D eigenvalue weighted by Crippen LogP contribution is 2.28. The largest absolute Gasteiger partial charge is 0.466 e. The van der Waals surface area contributed by atoms with Crippen LogP contribution in [0.25, 0.3) is 0 Å². The number of carbonyl (C=O) groups excluding carboxylic acids is 1. The Morgan fingerprint density at radius 2 is 1.97 bits per heavy atom. The van der Waals surface area contributed by atoms with Crippen molar-refractivity contribution >= 4 is 5.97 Å². The lowest BCUT2D eigenvalue weighted by atomic mass is 9.91. The van der Waals surface area contributed by atoms with Crippen molar-refractivity contribution < 1.29 is 19.4 Å². The molecule has 1 heterocycles.